The molecule has 1 spiro atoms. The van der Waals surface area contributed by atoms with Crippen LogP contribution < -0.4 is 14.8 Å². The second-order valence-electron chi connectivity index (χ2n) is 11.2. The summed E-state index contributed by atoms with van der Waals surface area (Å²) in [5.41, 5.74) is 3.65. The lowest BCUT2D eigenvalue weighted by atomic mass is 9.62. The van der Waals surface area contributed by atoms with Crippen LogP contribution in [-0.4, -0.2) is 42.6 Å². The number of para-hydroxylation sites is 1. The highest BCUT2D eigenvalue weighted by Crippen LogP contribution is 2.62. The lowest BCUT2D eigenvalue weighted by Crippen LogP contribution is -2.49. The van der Waals surface area contributed by atoms with Crippen LogP contribution in [0.5, 0.6) is 11.5 Å². The summed E-state index contributed by atoms with van der Waals surface area (Å²) in [7, 11) is 3.05. The number of fused-ring (bicyclic) bond motifs is 6. The number of nitrogens with zero attached hydrogens (tertiary/aromatic N) is 1. The zero-order valence-electron chi connectivity index (χ0n) is 24.0. The van der Waals surface area contributed by atoms with Crippen molar-refractivity contribution in [1.29, 1.82) is 0 Å². The minimum Gasteiger partial charge on any atom is -0.493 e. The third-order valence-electron chi connectivity index (χ3n) is 9.13. The molecule has 0 saturated carbocycles. The molecule has 7 nitrogen and oxygen atoms in total. The van der Waals surface area contributed by atoms with E-state index in [4.69, 9.17) is 9.47 Å². The van der Waals surface area contributed by atoms with Gasteiger partial charge in [0.05, 0.1) is 26.2 Å². The number of nitrogens with one attached hydrogen (secondary N) is 1. The van der Waals surface area contributed by atoms with E-state index in [9.17, 15) is 14.4 Å². The van der Waals surface area contributed by atoms with Crippen molar-refractivity contribution >= 4 is 29.2 Å². The topological polar surface area (TPSA) is 84.9 Å². The highest BCUT2D eigenvalue weighted by Gasteiger charge is 2.70. The van der Waals surface area contributed by atoms with Crippen molar-refractivity contribution in [1.82, 2.24) is 4.90 Å². The molecule has 0 unspecified atom stereocenters. The number of benzene rings is 4. The summed E-state index contributed by atoms with van der Waals surface area (Å²) in [5, 5.41) is 3.08. The number of carbonyl (C=O) groups excluding carboxylic acids is 3. The summed E-state index contributed by atoms with van der Waals surface area (Å²) >= 11 is 0. The van der Waals surface area contributed by atoms with Gasteiger partial charge < -0.3 is 19.7 Å². The molecule has 214 valence electrons. The van der Waals surface area contributed by atoms with Gasteiger partial charge in [-0.1, -0.05) is 72.3 Å². The van der Waals surface area contributed by atoms with Crippen LogP contribution in [0.3, 0.4) is 0 Å². The summed E-state index contributed by atoms with van der Waals surface area (Å²) in [6.45, 7) is 1.96. The van der Waals surface area contributed by atoms with Gasteiger partial charge in [-0.2, -0.15) is 0 Å². The third-order valence-corrected chi connectivity index (χ3v) is 9.13. The lowest BCUT2D eigenvalue weighted by Gasteiger charge is -2.38. The van der Waals surface area contributed by atoms with E-state index in [2.05, 4.69) is 5.32 Å². The summed E-state index contributed by atoms with van der Waals surface area (Å²) in [6.07, 6.45) is 3.82. The van der Waals surface area contributed by atoms with Gasteiger partial charge in [-0.15, -0.1) is 0 Å². The van der Waals surface area contributed by atoms with Gasteiger partial charge in [0.2, 0.25) is 5.91 Å². The van der Waals surface area contributed by atoms with Crippen molar-refractivity contribution in [3.63, 3.8) is 0 Å². The number of Topliss-reactive ketones (excluding diaryl/α,β-unsaturated/α-hetero) is 2. The molecule has 0 aliphatic carbocycles. The summed E-state index contributed by atoms with van der Waals surface area (Å²) < 4.78 is 10.9. The van der Waals surface area contributed by atoms with Crippen LogP contribution in [0.25, 0.3) is 6.08 Å². The molecule has 7 heteroatoms. The van der Waals surface area contributed by atoms with Crippen molar-refractivity contribution in [2.24, 2.45) is 5.92 Å². The van der Waals surface area contributed by atoms with Crippen LogP contribution in [0.1, 0.15) is 49.0 Å². The minimum atomic E-state index is -1.38. The molecule has 0 radical (unpaired) electrons. The van der Waals surface area contributed by atoms with E-state index >= 15 is 0 Å². The van der Waals surface area contributed by atoms with E-state index in [-0.39, 0.29) is 17.5 Å². The Balaban J connectivity index is 1.51. The molecular formula is C36H30N2O5. The number of amides is 1. The molecule has 1 fully saturated rings. The second kappa shape index (κ2) is 9.98. The standard InChI is InChI=1S/C36H30N2O5/c1-21-12-14-23(15-13-21)32(39)30-31(33(40)24-16-17-28(42-2)29(20-24)43-3)38-19-18-22-8-4-5-9-25(22)34(38)36(30)26-10-6-7-11-27(26)37-35(36)41/h4-20,30-31,34H,1-3H3,(H,37,41)/t30-,31-,34-,36-/m1/s1. The van der Waals surface area contributed by atoms with Crippen LogP contribution in [0, 0.1) is 12.8 Å². The summed E-state index contributed by atoms with van der Waals surface area (Å²) in [5.74, 6) is -0.979. The van der Waals surface area contributed by atoms with E-state index in [1.54, 1.807) is 30.3 Å². The van der Waals surface area contributed by atoms with Gasteiger partial charge in [-0.3, -0.25) is 14.4 Å². The van der Waals surface area contributed by atoms with Crippen molar-refractivity contribution in [3.8, 4) is 11.5 Å². The second-order valence-corrected chi connectivity index (χ2v) is 11.2. The highest BCUT2D eigenvalue weighted by atomic mass is 16.5. The van der Waals surface area contributed by atoms with Gasteiger partial charge in [0.1, 0.15) is 11.5 Å². The van der Waals surface area contributed by atoms with Gasteiger partial charge >= 0.3 is 0 Å². The molecule has 1 saturated heterocycles. The largest absolute Gasteiger partial charge is 0.493 e. The quantitative estimate of drug-likeness (QED) is 0.287. The molecular weight excluding hydrogens is 540 g/mol. The number of ether oxygens (including phenoxy) is 2. The smallest absolute Gasteiger partial charge is 0.238 e. The van der Waals surface area contributed by atoms with Gasteiger partial charge in [0.25, 0.3) is 0 Å². The number of rotatable bonds is 6. The fraction of sp³-hybridized carbons (Fsp3) is 0.194. The molecule has 4 atom stereocenters. The zero-order valence-corrected chi connectivity index (χ0v) is 24.0. The van der Waals surface area contributed by atoms with Crippen LogP contribution in [0.4, 0.5) is 5.69 Å². The number of ketones is 2. The Bertz CT molecular complexity index is 1830. The van der Waals surface area contributed by atoms with Gasteiger partial charge in [-0.05, 0) is 54.0 Å². The first-order chi connectivity index (χ1) is 20.9. The first kappa shape index (κ1) is 26.7. The van der Waals surface area contributed by atoms with Gasteiger partial charge in [0.15, 0.2) is 23.1 Å². The molecule has 3 heterocycles. The van der Waals surface area contributed by atoms with E-state index in [1.807, 2.05) is 84.8 Å². The fourth-order valence-electron chi connectivity index (χ4n) is 7.23. The molecule has 1 N–H and O–H groups in total. The molecule has 4 aromatic carbocycles. The summed E-state index contributed by atoms with van der Waals surface area (Å²) in [4.78, 5) is 46.1. The predicted octanol–water partition coefficient (Wildman–Crippen LogP) is 5.99. The van der Waals surface area contributed by atoms with Crippen molar-refractivity contribution < 1.29 is 23.9 Å². The maximum absolute atomic E-state index is 14.9. The number of hydrogen-bond donors (Lipinski definition) is 1. The third kappa shape index (κ3) is 3.77. The Morgan fingerprint density at radius 2 is 1.51 bits per heavy atom. The molecule has 7 rings (SSSR count). The Hall–Kier alpha value is -5.17. The van der Waals surface area contributed by atoms with Gasteiger partial charge in [-0.25, -0.2) is 0 Å². The Morgan fingerprint density at radius 3 is 2.28 bits per heavy atom. The average molecular weight is 571 g/mol. The highest BCUT2D eigenvalue weighted by molar-refractivity contribution is 6.16. The predicted molar refractivity (Wildman–Crippen MR) is 163 cm³/mol. The molecule has 4 aromatic rings. The van der Waals surface area contributed by atoms with E-state index in [0.29, 0.717) is 33.9 Å². The normalized spacial score (nSPS) is 22.9. The molecule has 3 aliphatic rings. The lowest BCUT2D eigenvalue weighted by molar-refractivity contribution is -0.122. The first-order valence-corrected chi connectivity index (χ1v) is 14.2. The van der Waals surface area contributed by atoms with Crippen molar-refractivity contribution in [2.75, 3.05) is 19.5 Å². The monoisotopic (exact) mass is 570 g/mol. The molecule has 0 bridgehead atoms. The maximum Gasteiger partial charge on any atom is 0.238 e. The molecule has 43 heavy (non-hydrogen) atoms. The van der Waals surface area contributed by atoms with Crippen LogP contribution in [0.15, 0.2) is 97.2 Å². The summed E-state index contributed by atoms with van der Waals surface area (Å²) in [6, 6.07) is 26.1. The SMILES string of the molecule is COc1ccc(C(=O)[C@H]2[C@H](C(=O)c3ccc(C)cc3)[C@@]3(C(=O)Nc4ccccc43)[C@H]3c4ccccc4C=CN23)cc1OC. The van der Waals surface area contributed by atoms with E-state index in [1.165, 1.54) is 14.2 Å². The van der Waals surface area contributed by atoms with E-state index in [0.717, 1.165) is 16.7 Å². The first-order valence-electron chi connectivity index (χ1n) is 14.2. The Labute approximate surface area is 249 Å². The van der Waals surface area contributed by atoms with Crippen molar-refractivity contribution in [3.05, 3.63) is 131 Å². The number of hydrogen-bond acceptors (Lipinski definition) is 6. The van der Waals surface area contributed by atoms with Crippen LogP contribution in [0.2, 0.25) is 0 Å². The van der Waals surface area contributed by atoms with Crippen LogP contribution >= 0.6 is 0 Å². The number of carbonyl (C=O) groups is 3. The Kier molecular flexibility index (Phi) is 6.20. The minimum absolute atomic E-state index is 0.258. The van der Waals surface area contributed by atoms with Crippen molar-refractivity contribution in [2.45, 2.75) is 24.4 Å². The van der Waals surface area contributed by atoms with E-state index < -0.39 is 23.4 Å². The number of aryl methyl sites for hydroxylation is 1. The molecule has 1 amide bonds. The zero-order chi connectivity index (χ0) is 29.9. The van der Waals surface area contributed by atoms with Crippen LogP contribution in [-0.2, 0) is 10.2 Å². The molecule has 0 aromatic heterocycles. The van der Waals surface area contributed by atoms with Gasteiger partial charge in [0, 0.05) is 23.0 Å². The Morgan fingerprint density at radius 1 is 0.814 bits per heavy atom. The fourth-order valence-corrected chi connectivity index (χ4v) is 7.23. The average Bonchev–Trinajstić information content (AvgIpc) is 3.52. The maximum atomic E-state index is 14.9. The number of anilines is 1. The molecule has 3 aliphatic heterocycles. The number of methoxy groups -OCH3 is 2.